The van der Waals surface area contributed by atoms with Gasteiger partial charge in [0.1, 0.15) is 6.61 Å². The molecule has 0 radical (unpaired) electrons. The number of likely N-dealkylation sites (N-methyl/N-ethyl adjacent to an activating group) is 1. The second-order valence-corrected chi connectivity index (χ2v) is 4.85. The SMILES string of the molecule is C=C(C)C(=O)OCC(CCN(C)C)N(CC)CC. The topological polar surface area (TPSA) is 32.8 Å². The lowest BCUT2D eigenvalue weighted by molar-refractivity contribution is -0.140. The number of rotatable bonds is 9. The van der Waals surface area contributed by atoms with Crippen molar-refractivity contribution in [1.29, 1.82) is 0 Å². The highest BCUT2D eigenvalue weighted by Crippen LogP contribution is 2.07. The molecule has 0 aromatic heterocycles. The van der Waals surface area contributed by atoms with Crippen LogP contribution in [-0.4, -0.2) is 62.1 Å². The van der Waals surface area contributed by atoms with Crippen molar-refractivity contribution in [1.82, 2.24) is 9.80 Å². The smallest absolute Gasteiger partial charge is 0.333 e. The molecule has 0 aliphatic rings. The number of carbonyl (C=O) groups is 1. The zero-order chi connectivity index (χ0) is 14.1. The first-order chi connectivity index (χ1) is 8.42. The Kier molecular flexibility index (Phi) is 8.67. The lowest BCUT2D eigenvalue weighted by Crippen LogP contribution is -2.40. The number of nitrogens with zero attached hydrogens (tertiary/aromatic N) is 2. The van der Waals surface area contributed by atoms with Gasteiger partial charge in [0.25, 0.3) is 0 Å². The molecule has 0 aliphatic carbocycles. The third-order valence-electron chi connectivity index (χ3n) is 2.99. The van der Waals surface area contributed by atoms with Crippen LogP contribution in [-0.2, 0) is 9.53 Å². The van der Waals surface area contributed by atoms with Crippen LogP contribution in [0.5, 0.6) is 0 Å². The first kappa shape index (κ1) is 17.1. The molecule has 0 spiro atoms. The average molecular weight is 256 g/mol. The van der Waals surface area contributed by atoms with E-state index >= 15 is 0 Å². The van der Waals surface area contributed by atoms with E-state index in [1.807, 2.05) is 0 Å². The molecule has 106 valence electrons. The van der Waals surface area contributed by atoms with E-state index in [1.54, 1.807) is 6.92 Å². The Morgan fingerprint density at radius 3 is 2.22 bits per heavy atom. The van der Waals surface area contributed by atoms with E-state index in [0.29, 0.717) is 12.2 Å². The highest BCUT2D eigenvalue weighted by Gasteiger charge is 2.18. The van der Waals surface area contributed by atoms with Gasteiger partial charge in [0.05, 0.1) is 0 Å². The lowest BCUT2D eigenvalue weighted by Gasteiger charge is -2.30. The Morgan fingerprint density at radius 1 is 1.28 bits per heavy atom. The Labute approximate surface area is 112 Å². The fourth-order valence-corrected chi connectivity index (χ4v) is 1.81. The van der Waals surface area contributed by atoms with Crippen molar-refractivity contribution in [2.75, 3.05) is 40.3 Å². The van der Waals surface area contributed by atoms with Crippen LogP contribution < -0.4 is 0 Å². The quantitative estimate of drug-likeness (QED) is 0.465. The van der Waals surface area contributed by atoms with Gasteiger partial charge in [-0.05, 0) is 47.1 Å². The molecule has 1 atom stereocenters. The second kappa shape index (κ2) is 9.11. The zero-order valence-electron chi connectivity index (χ0n) is 12.5. The first-order valence-electron chi connectivity index (χ1n) is 6.63. The molecule has 0 aromatic carbocycles. The van der Waals surface area contributed by atoms with Crippen LogP contribution in [0.2, 0.25) is 0 Å². The molecule has 0 saturated heterocycles. The summed E-state index contributed by atoms with van der Waals surface area (Å²) in [5.41, 5.74) is 0.459. The maximum absolute atomic E-state index is 11.4. The molecule has 0 rings (SSSR count). The van der Waals surface area contributed by atoms with E-state index in [1.165, 1.54) is 0 Å². The van der Waals surface area contributed by atoms with Gasteiger partial charge >= 0.3 is 5.97 Å². The summed E-state index contributed by atoms with van der Waals surface area (Å²) in [6.45, 7) is 12.9. The van der Waals surface area contributed by atoms with Crippen molar-refractivity contribution in [3.05, 3.63) is 12.2 Å². The van der Waals surface area contributed by atoms with E-state index < -0.39 is 0 Å². The Balaban J connectivity index is 4.36. The van der Waals surface area contributed by atoms with Gasteiger partial charge in [-0.15, -0.1) is 0 Å². The number of hydrogen-bond donors (Lipinski definition) is 0. The first-order valence-corrected chi connectivity index (χ1v) is 6.63. The van der Waals surface area contributed by atoms with Crippen LogP contribution in [0.25, 0.3) is 0 Å². The van der Waals surface area contributed by atoms with Gasteiger partial charge in [0, 0.05) is 11.6 Å². The summed E-state index contributed by atoms with van der Waals surface area (Å²) in [5.74, 6) is -0.294. The summed E-state index contributed by atoms with van der Waals surface area (Å²) in [6.07, 6.45) is 0.998. The van der Waals surface area contributed by atoms with Crippen LogP contribution >= 0.6 is 0 Å². The standard InChI is InChI=1S/C14H28N2O2/c1-7-16(8-2)13(9-10-15(5)6)11-18-14(17)12(3)4/h13H,3,7-11H2,1-2,4-6H3. The Hall–Kier alpha value is -0.870. The van der Waals surface area contributed by atoms with E-state index in [9.17, 15) is 4.79 Å². The average Bonchev–Trinajstić information content (AvgIpc) is 2.32. The molecule has 0 bridgehead atoms. The van der Waals surface area contributed by atoms with Crippen LogP contribution in [0.15, 0.2) is 12.2 Å². The van der Waals surface area contributed by atoms with Gasteiger partial charge in [-0.25, -0.2) is 4.79 Å². The van der Waals surface area contributed by atoms with Gasteiger partial charge < -0.3 is 9.64 Å². The normalized spacial score (nSPS) is 12.8. The number of esters is 1. The minimum absolute atomic E-state index is 0.283. The third-order valence-corrected chi connectivity index (χ3v) is 2.99. The minimum Gasteiger partial charge on any atom is -0.461 e. The molecule has 4 nitrogen and oxygen atoms in total. The molecule has 0 saturated carbocycles. The van der Waals surface area contributed by atoms with Crippen LogP contribution in [0.1, 0.15) is 27.2 Å². The summed E-state index contributed by atoms with van der Waals surface area (Å²) in [5, 5.41) is 0. The van der Waals surface area contributed by atoms with Gasteiger partial charge in [0.2, 0.25) is 0 Å². The van der Waals surface area contributed by atoms with E-state index in [2.05, 4.69) is 44.3 Å². The molecule has 0 amide bonds. The van der Waals surface area contributed by atoms with Gasteiger partial charge in [-0.1, -0.05) is 20.4 Å². The van der Waals surface area contributed by atoms with Crippen LogP contribution in [0.4, 0.5) is 0 Å². The van der Waals surface area contributed by atoms with Crippen LogP contribution in [0, 0.1) is 0 Å². The summed E-state index contributed by atoms with van der Waals surface area (Å²) >= 11 is 0. The molecule has 0 heterocycles. The zero-order valence-corrected chi connectivity index (χ0v) is 12.5. The monoisotopic (exact) mass is 256 g/mol. The predicted molar refractivity (Wildman–Crippen MR) is 75.7 cm³/mol. The maximum atomic E-state index is 11.4. The molecular weight excluding hydrogens is 228 g/mol. The molecule has 1 unspecified atom stereocenters. The molecule has 0 aliphatic heterocycles. The molecule has 0 fully saturated rings. The summed E-state index contributed by atoms with van der Waals surface area (Å²) in [4.78, 5) is 15.9. The van der Waals surface area contributed by atoms with Crippen molar-refractivity contribution >= 4 is 5.97 Å². The van der Waals surface area contributed by atoms with Gasteiger partial charge in [-0.2, -0.15) is 0 Å². The Bertz CT molecular complexity index is 261. The number of hydrogen-bond acceptors (Lipinski definition) is 4. The van der Waals surface area contributed by atoms with Crippen molar-refractivity contribution in [2.45, 2.75) is 33.2 Å². The summed E-state index contributed by atoms with van der Waals surface area (Å²) in [7, 11) is 4.11. The summed E-state index contributed by atoms with van der Waals surface area (Å²) < 4.78 is 5.28. The van der Waals surface area contributed by atoms with Gasteiger partial charge in [-0.3, -0.25) is 4.90 Å². The van der Waals surface area contributed by atoms with Gasteiger partial charge in [0.15, 0.2) is 0 Å². The minimum atomic E-state index is -0.294. The van der Waals surface area contributed by atoms with Crippen LogP contribution in [0.3, 0.4) is 0 Å². The molecule has 0 N–H and O–H groups in total. The van der Waals surface area contributed by atoms with Crippen molar-refractivity contribution in [3.8, 4) is 0 Å². The molecule has 0 aromatic rings. The van der Waals surface area contributed by atoms with E-state index in [0.717, 1.165) is 26.1 Å². The third kappa shape index (κ3) is 6.77. The van der Waals surface area contributed by atoms with Crippen molar-refractivity contribution in [2.24, 2.45) is 0 Å². The van der Waals surface area contributed by atoms with E-state index in [4.69, 9.17) is 4.74 Å². The summed E-state index contributed by atoms with van der Waals surface area (Å²) in [6, 6.07) is 0.283. The lowest BCUT2D eigenvalue weighted by atomic mass is 10.1. The van der Waals surface area contributed by atoms with Crippen molar-refractivity contribution < 1.29 is 9.53 Å². The van der Waals surface area contributed by atoms with E-state index in [-0.39, 0.29) is 12.0 Å². The fourth-order valence-electron chi connectivity index (χ4n) is 1.81. The fraction of sp³-hybridized carbons (Fsp3) is 0.786. The predicted octanol–water partition coefficient (Wildman–Crippen LogP) is 1.77. The molecular formula is C14H28N2O2. The second-order valence-electron chi connectivity index (χ2n) is 4.85. The highest BCUT2D eigenvalue weighted by molar-refractivity contribution is 5.86. The maximum Gasteiger partial charge on any atom is 0.333 e. The largest absolute Gasteiger partial charge is 0.461 e. The Morgan fingerprint density at radius 2 is 1.83 bits per heavy atom. The van der Waals surface area contributed by atoms with Crippen molar-refractivity contribution in [3.63, 3.8) is 0 Å². The highest BCUT2D eigenvalue weighted by atomic mass is 16.5. The number of ether oxygens (including phenoxy) is 1. The number of carbonyl (C=O) groups excluding carboxylic acids is 1. The molecule has 4 heteroatoms. The molecule has 18 heavy (non-hydrogen) atoms.